The van der Waals surface area contributed by atoms with Crippen LogP contribution >= 0.6 is 0 Å². The number of amides is 1. The lowest BCUT2D eigenvalue weighted by Crippen LogP contribution is -2.48. The summed E-state index contributed by atoms with van der Waals surface area (Å²) in [5, 5.41) is 0. The van der Waals surface area contributed by atoms with Crippen LogP contribution < -0.4 is 0 Å². The summed E-state index contributed by atoms with van der Waals surface area (Å²) >= 11 is 0. The molecule has 2 heterocycles. The Balaban J connectivity index is 1.48. The van der Waals surface area contributed by atoms with Crippen molar-refractivity contribution in [3.63, 3.8) is 0 Å². The molecule has 0 spiro atoms. The van der Waals surface area contributed by atoms with E-state index in [1.54, 1.807) is 0 Å². The van der Waals surface area contributed by atoms with Crippen LogP contribution in [0.5, 0.6) is 0 Å². The molecule has 1 aliphatic carbocycles. The van der Waals surface area contributed by atoms with Crippen molar-refractivity contribution in [3.8, 4) is 0 Å². The van der Waals surface area contributed by atoms with Gasteiger partial charge >= 0.3 is 0 Å². The number of pyridine rings is 1. The van der Waals surface area contributed by atoms with Gasteiger partial charge in [-0.15, -0.1) is 0 Å². The van der Waals surface area contributed by atoms with Crippen LogP contribution in [0.4, 0.5) is 0 Å². The van der Waals surface area contributed by atoms with Crippen molar-refractivity contribution in [1.29, 1.82) is 0 Å². The van der Waals surface area contributed by atoms with Crippen molar-refractivity contribution in [2.24, 2.45) is 11.8 Å². The number of hydrogen-bond acceptors (Lipinski definition) is 3. The quantitative estimate of drug-likeness (QED) is 0.823. The Labute approximate surface area is 114 Å². The third-order valence-electron chi connectivity index (χ3n) is 4.22. The summed E-state index contributed by atoms with van der Waals surface area (Å²) < 4.78 is 0. The molecule has 2 unspecified atom stereocenters. The van der Waals surface area contributed by atoms with Crippen LogP contribution in [0, 0.1) is 11.8 Å². The first-order chi connectivity index (χ1) is 9.24. The Morgan fingerprint density at radius 3 is 2.63 bits per heavy atom. The second-order valence-electron chi connectivity index (χ2n) is 5.74. The van der Waals surface area contributed by atoms with Crippen LogP contribution in [-0.4, -0.2) is 46.9 Å². The van der Waals surface area contributed by atoms with Crippen LogP contribution in [0.15, 0.2) is 24.4 Å². The second-order valence-corrected chi connectivity index (χ2v) is 5.74. The first kappa shape index (κ1) is 12.6. The molecule has 0 aromatic carbocycles. The van der Waals surface area contributed by atoms with Crippen molar-refractivity contribution in [2.75, 3.05) is 26.2 Å². The summed E-state index contributed by atoms with van der Waals surface area (Å²) in [5.41, 5.74) is 1.11. The largest absolute Gasteiger partial charge is 0.340 e. The van der Waals surface area contributed by atoms with E-state index in [1.807, 2.05) is 23.2 Å². The molecule has 1 saturated carbocycles. The molecule has 19 heavy (non-hydrogen) atoms. The minimum Gasteiger partial charge on any atom is -0.340 e. The molecule has 102 valence electrons. The maximum Gasteiger partial charge on any atom is 0.226 e. The first-order valence-electron chi connectivity index (χ1n) is 7.15. The van der Waals surface area contributed by atoms with E-state index < -0.39 is 0 Å². The van der Waals surface area contributed by atoms with Gasteiger partial charge < -0.3 is 4.90 Å². The lowest BCUT2D eigenvalue weighted by Gasteiger charge is -2.34. The van der Waals surface area contributed by atoms with Gasteiger partial charge in [0.15, 0.2) is 0 Å². The summed E-state index contributed by atoms with van der Waals surface area (Å²) in [7, 11) is 0. The lowest BCUT2D eigenvalue weighted by atomic mass is 10.2. The topological polar surface area (TPSA) is 36.4 Å². The number of aromatic nitrogens is 1. The summed E-state index contributed by atoms with van der Waals surface area (Å²) in [5.74, 6) is 1.31. The van der Waals surface area contributed by atoms with Gasteiger partial charge in [0.1, 0.15) is 0 Å². The molecule has 4 heteroatoms. The fourth-order valence-electron chi connectivity index (χ4n) is 2.75. The van der Waals surface area contributed by atoms with Crippen LogP contribution in [0.1, 0.15) is 19.0 Å². The van der Waals surface area contributed by atoms with Gasteiger partial charge in [-0.2, -0.15) is 0 Å². The van der Waals surface area contributed by atoms with Gasteiger partial charge in [0, 0.05) is 44.8 Å². The molecular weight excluding hydrogens is 238 g/mol. The molecule has 3 rings (SSSR count). The van der Waals surface area contributed by atoms with Crippen LogP contribution in [0.25, 0.3) is 0 Å². The zero-order valence-corrected chi connectivity index (χ0v) is 11.5. The molecule has 2 aliphatic rings. The predicted octanol–water partition coefficient (Wildman–Crippen LogP) is 1.38. The first-order valence-corrected chi connectivity index (χ1v) is 7.15. The van der Waals surface area contributed by atoms with E-state index in [0.717, 1.165) is 44.8 Å². The van der Waals surface area contributed by atoms with Gasteiger partial charge in [-0.1, -0.05) is 13.0 Å². The molecule has 1 saturated heterocycles. The predicted molar refractivity (Wildman–Crippen MR) is 73.4 cm³/mol. The highest BCUT2D eigenvalue weighted by Gasteiger charge is 2.41. The monoisotopic (exact) mass is 259 g/mol. The minimum atomic E-state index is 0.322. The summed E-state index contributed by atoms with van der Waals surface area (Å²) in [6.45, 7) is 6.72. The Morgan fingerprint density at radius 2 is 2.05 bits per heavy atom. The molecule has 2 fully saturated rings. The van der Waals surface area contributed by atoms with Gasteiger partial charge in [0.25, 0.3) is 0 Å². The van der Waals surface area contributed by atoms with E-state index in [2.05, 4.69) is 22.9 Å². The second kappa shape index (κ2) is 5.29. The molecular formula is C15H21N3O. The van der Waals surface area contributed by atoms with E-state index >= 15 is 0 Å². The molecule has 2 atom stereocenters. The fourth-order valence-corrected chi connectivity index (χ4v) is 2.75. The summed E-state index contributed by atoms with van der Waals surface area (Å²) in [6, 6.07) is 6.02. The number of hydrogen-bond donors (Lipinski definition) is 0. The average molecular weight is 259 g/mol. The van der Waals surface area contributed by atoms with Crippen molar-refractivity contribution >= 4 is 5.91 Å². The standard InChI is InChI=1S/C15H21N3O/c1-12-10-14(12)15(19)18-8-6-17(7-9-18)11-13-4-2-3-5-16-13/h2-5,12,14H,6-11H2,1H3. The molecule has 1 aliphatic heterocycles. The number of carbonyl (C=O) groups excluding carboxylic acids is 1. The van der Waals surface area contributed by atoms with Crippen molar-refractivity contribution in [3.05, 3.63) is 30.1 Å². The van der Waals surface area contributed by atoms with E-state index in [0.29, 0.717) is 17.7 Å². The van der Waals surface area contributed by atoms with Crippen LogP contribution in [0.3, 0.4) is 0 Å². The highest BCUT2D eigenvalue weighted by Crippen LogP contribution is 2.39. The smallest absolute Gasteiger partial charge is 0.226 e. The number of rotatable bonds is 3. The molecule has 1 aromatic heterocycles. The summed E-state index contributed by atoms with van der Waals surface area (Å²) in [6.07, 6.45) is 2.93. The molecule has 1 aromatic rings. The minimum absolute atomic E-state index is 0.322. The van der Waals surface area contributed by atoms with E-state index in [-0.39, 0.29) is 0 Å². The number of piperazine rings is 1. The average Bonchev–Trinajstić information content (AvgIpc) is 3.17. The van der Waals surface area contributed by atoms with Gasteiger partial charge in [-0.3, -0.25) is 14.7 Å². The third-order valence-corrected chi connectivity index (χ3v) is 4.22. The van der Waals surface area contributed by atoms with Gasteiger partial charge in [-0.05, 0) is 24.5 Å². The highest BCUT2D eigenvalue weighted by molar-refractivity contribution is 5.81. The molecule has 1 amide bonds. The molecule has 0 bridgehead atoms. The van der Waals surface area contributed by atoms with Crippen molar-refractivity contribution in [1.82, 2.24) is 14.8 Å². The van der Waals surface area contributed by atoms with E-state index in [4.69, 9.17) is 0 Å². The van der Waals surface area contributed by atoms with Crippen LogP contribution in [-0.2, 0) is 11.3 Å². The third kappa shape index (κ3) is 2.95. The Hall–Kier alpha value is -1.42. The zero-order chi connectivity index (χ0) is 13.2. The summed E-state index contributed by atoms with van der Waals surface area (Å²) in [4.78, 5) is 20.9. The van der Waals surface area contributed by atoms with Crippen molar-refractivity contribution < 1.29 is 4.79 Å². The fraction of sp³-hybridized carbons (Fsp3) is 0.600. The molecule has 0 radical (unpaired) electrons. The van der Waals surface area contributed by atoms with Gasteiger partial charge in [0.05, 0.1) is 5.69 Å². The van der Waals surface area contributed by atoms with Crippen molar-refractivity contribution in [2.45, 2.75) is 19.9 Å². The molecule has 0 N–H and O–H groups in total. The zero-order valence-electron chi connectivity index (χ0n) is 11.5. The lowest BCUT2D eigenvalue weighted by molar-refractivity contribution is -0.134. The van der Waals surface area contributed by atoms with E-state index in [1.165, 1.54) is 0 Å². The number of carbonyl (C=O) groups is 1. The van der Waals surface area contributed by atoms with Crippen LogP contribution in [0.2, 0.25) is 0 Å². The number of nitrogens with zero attached hydrogens (tertiary/aromatic N) is 3. The maximum absolute atomic E-state index is 12.1. The SMILES string of the molecule is CC1CC1C(=O)N1CCN(Cc2ccccn2)CC1. The molecule has 4 nitrogen and oxygen atoms in total. The Morgan fingerprint density at radius 1 is 1.32 bits per heavy atom. The maximum atomic E-state index is 12.1. The Kier molecular flexibility index (Phi) is 3.51. The Bertz CT molecular complexity index is 440. The van der Waals surface area contributed by atoms with E-state index in [9.17, 15) is 4.79 Å². The van der Waals surface area contributed by atoms with Gasteiger partial charge in [0.2, 0.25) is 5.91 Å². The van der Waals surface area contributed by atoms with Gasteiger partial charge in [-0.25, -0.2) is 0 Å². The normalized spacial score (nSPS) is 27.3. The highest BCUT2D eigenvalue weighted by atomic mass is 16.2.